The van der Waals surface area contributed by atoms with E-state index in [1.807, 2.05) is 0 Å². The number of hydrogen-bond acceptors (Lipinski definition) is 5. The SMILES string of the molecule is CC(C)(C)OC(=O)N1CCC1NC(=O)c1ccncn1. The molecule has 0 radical (unpaired) electrons. The van der Waals surface area contributed by atoms with Crippen LogP contribution in [0.2, 0.25) is 0 Å². The highest BCUT2D eigenvalue weighted by Crippen LogP contribution is 2.19. The molecule has 108 valence electrons. The minimum Gasteiger partial charge on any atom is -0.444 e. The Labute approximate surface area is 117 Å². The molecule has 0 aromatic carbocycles. The quantitative estimate of drug-likeness (QED) is 0.878. The molecular weight excluding hydrogens is 260 g/mol. The second kappa shape index (κ2) is 5.44. The van der Waals surface area contributed by atoms with Crippen LogP contribution in [0.1, 0.15) is 37.7 Å². The Hall–Kier alpha value is -2.18. The molecule has 1 aliphatic rings. The summed E-state index contributed by atoms with van der Waals surface area (Å²) in [6.45, 7) is 5.99. The lowest BCUT2D eigenvalue weighted by molar-refractivity contribution is -0.0107. The lowest BCUT2D eigenvalue weighted by Crippen LogP contribution is -2.60. The standard InChI is InChI=1S/C13H18N4O3/c1-13(2,3)20-12(19)17-7-5-10(17)16-11(18)9-4-6-14-8-15-9/h4,6,8,10H,5,7H2,1-3H3,(H,16,18). The van der Waals surface area contributed by atoms with Crippen LogP contribution in [0.4, 0.5) is 4.79 Å². The van der Waals surface area contributed by atoms with E-state index >= 15 is 0 Å². The van der Waals surface area contributed by atoms with Gasteiger partial charge in [-0.05, 0) is 26.8 Å². The Morgan fingerprint density at radius 1 is 1.45 bits per heavy atom. The van der Waals surface area contributed by atoms with Gasteiger partial charge >= 0.3 is 6.09 Å². The van der Waals surface area contributed by atoms with E-state index in [9.17, 15) is 9.59 Å². The lowest BCUT2D eigenvalue weighted by Gasteiger charge is -2.41. The number of nitrogens with one attached hydrogen (secondary N) is 1. The molecule has 0 saturated carbocycles. The first-order valence-electron chi connectivity index (χ1n) is 6.43. The summed E-state index contributed by atoms with van der Waals surface area (Å²) in [6.07, 6.45) is 2.75. The lowest BCUT2D eigenvalue weighted by atomic mass is 10.1. The molecule has 0 bridgehead atoms. The van der Waals surface area contributed by atoms with Crippen molar-refractivity contribution in [2.75, 3.05) is 6.54 Å². The fourth-order valence-electron chi connectivity index (χ4n) is 1.73. The summed E-state index contributed by atoms with van der Waals surface area (Å²) in [7, 11) is 0. The van der Waals surface area contributed by atoms with Gasteiger partial charge in [-0.1, -0.05) is 0 Å². The molecule has 1 aromatic rings. The molecule has 7 nitrogen and oxygen atoms in total. The Morgan fingerprint density at radius 3 is 2.70 bits per heavy atom. The number of carbonyl (C=O) groups is 2. The summed E-state index contributed by atoms with van der Waals surface area (Å²) in [5.41, 5.74) is -0.274. The highest BCUT2D eigenvalue weighted by atomic mass is 16.6. The third-order valence-corrected chi connectivity index (χ3v) is 2.76. The van der Waals surface area contributed by atoms with Gasteiger partial charge in [-0.2, -0.15) is 0 Å². The Morgan fingerprint density at radius 2 is 2.20 bits per heavy atom. The number of amides is 2. The number of nitrogens with zero attached hydrogens (tertiary/aromatic N) is 3. The molecule has 1 atom stereocenters. The third kappa shape index (κ3) is 3.43. The van der Waals surface area contributed by atoms with Crippen LogP contribution < -0.4 is 5.32 Å². The van der Waals surface area contributed by atoms with Crippen LogP contribution in [-0.2, 0) is 4.74 Å². The number of rotatable bonds is 2. The highest BCUT2D eigenvalue weighted by Gasteiger charge is 2.36. The van der Waals surface area contributed by atoms with Crippen LogP contribution in [0.25, 0.3) is 0 Å². The second-order valence-corrected chi connectivity index (χ2v) is 5.55. The molecule has 1 aliphatic heterocycles. The van der Waals surface area contributed by atoms with Gasteiger partial charge in [0.25, 0.3) is 5.91 Å². The van der Waals surface area contributed by atoms with E-state index in [1.54, 1.807) is 20.8 Å². The van der Waals surface area contributed by atoms with E-state index in [0.717, 1.165) is 0 Å². The van der Waals surface area contributed by atoms with Gasteiger partial charge in [-0.15, -0.1) is 0 Å². The molecular formula is C13H18N4O3. The maximum atomic E-state index is 11.9. The molecule has 1 fully saturated rings. The van der Waals surface area contributed by atoms with Gasteiger partial charge in [-0.3, -0.25) is 9.69 Å². The van der Waals surface area contributed by atoms with Gasteiger partial charge < -0.3 is 10.1 Å². The molecule has 1 unspecified atom stereocenters. The molecule has 2 rings (SSSR count). The van der Waals surface area contributed by atoms with Crippen molar-refractivity contribution >= 4 is 12.0 Å². The van der Waals surface area contributed by atoms with E-state index < -0.39 is 11.7 Å². The number of carbonyl (C=O) groups excluding carboxylic acids is 2. The zero-order valence-electron chi connectivity index (χ0n) is 11.8. The van der Waals surface area contributed by atoms with Crippen LogP contribution in [-0.4, -0.2) is 45.2 Å². The molecule has 2 heterocycles. The van der Waals surface area contributed by atoms with Crippen molar-refractivity contribution < 1.29 is 14.3 Å². The van der Waals surface area contributed by atoms with E-state index in [4.69, 9.17) is 4.74 Å². The van der Waals surface area contributed by atoms with Crippen LogP contribution in [0.15, 0.2) is 18.6 Å². The van der Waals surface area contributed by atoms with Crippen LogP contribution in [0.5, 0.6) is 0 Å². The van der Waals surface area contributed by atoms with Gasteiger partial charge in [0.05, 0.1) is 0 Å². The highest BCUT2D eigenvalue weighted by molar-refractivity contribution is 5.92. The first-order valence-corrected chi connectivity index (χ1v) is 6.43. The van der Waals surface area contributed by atoms with Gasteiger partial charge in [0, 0.05) is 19.2 Å². The van der Waals surface area contributed by atoms with Gasteiger partial charge in [0.2, 0.25) is 0 Å². The molecule has 0 aliphatic carbocycles. The molecule has 20 heavy (non-hydrogen) atoms. The second-order valence-electron chi connectivity index (χ2n) is 5.55. The number of likely N-dealkylation sites (tertiary alicyclic amines) is 1. The predicted molar refractivity (Wildman–Crippen MR) is 70.8 cm³/mol. The monoisotopic (exact) mass is 278 g/mol. The van der Waals surface area contributed by atoms with Crippen molar-refractivity contribution in [1.82, 2.24) is 20.2 Å². The van der Waals surface area contributed by atoms with Crippen molar-refractivity contribution in [3.8, 4) is 0 Å². The van der Waals surface area contributed by atoms with Crippen molar-refractivity contribution in [1.29, 1.82) is 0 Å². The fraction of sp³-hybridized carbons (Fsp3) is 0.538. The Bertz CT molecular complexity index is 498. The molecule has 0 spiro atoms. The number of ether oxygens (including phenoxy) is 1. The summed E-state index contributed by atoms with van der Waals surface area (Å²) >= 11 is 0. The Balaban J connectivity index is 1.91. The molecule has 1 saturated heterocycles. The fourth-order valence-corrected chi connectivity index (χ4v) is 1.73. The van der Waals surface area contributed by atoms with E-state index in [0.29, 0.717) is 13.0 Å². The van der Waals surface area contributed by atoms with Gasteiger partial charge in [-0.25, -0.2) is 14.8 Å². The minimum atomic E-state index is -0.548. The van der Waals surface area contributed by atoms with Gasteiger partial charge in [0.15, 0.2) is 0 Å². The maximum absolute atomic E-state index is 11.9. The first-order chi connectivity index (χ1) is 9.37. The summed E-state index contributed by atoms with van der Waals surface area (Å²) in [5.74, 6) is -0.328. The molecule has 1 N–H and O–H groups in total. The maximum Gasteiger partial charge on any atom is 0.411 e. The largest absolute Gasteiger partial charge is 0.444 e. The average Bonchev–Trinajstić information content (AvgIpc) is 2.33. The normalized spacial score (nSPS) is 18.1. The number of aromatic nitrogens is 2. The minimum absolute atomic E-state index is 0.274. The van der Waals surface area contributed by atoms with Crippen molar-refractivity contribution in [2.24, 2.45) is 0 Å². The summed E-state index contributed by atoms with van der Waals surface area (Å²) in [4.78, 5) is 32.9. The topological polar surface area (TPSA) is 84.4 Å². The van der Waals surface area contributed by atoms with Crippen molar-refractivity contribution in [3.05, 3.63) is 24.3 Å². The van der Waals surface area contributed by atoms with E-state index in [-0.39, 0.29) is 17.8 Å². The average molecular weight is 278 g/mol. The van der Waals surface area contributed by atoms with Gasteiger partial charge in [0.1, 0.15) is 23.8 Å². The van der Waals surface area contributed by atoms with E-state index in [1.165, 1.54) is 23.5 Å². The van der Waals surface area contributed by atoms with E-state index in [2.05, 4.69) is 15.3 Å². The first kappa shape index (κ1) is 14.2. The predicted octanol–water partition coefficient (Wildman–Crippen LogP) is 1.17. The molecule has 2 amide bonds. The molecule has 1 aromatic heterocycles. The smallest absolute Gasteiger partial charge is 0.411 e. The summed E-state index contributed by atoms with van der Waals surface area (Å²) < 4.78 is 5.27. The Kier molecular flexibility index (Phi) is 3.87. The van der Waals surface area contributed by atoms with Crippen molar-refractivity contribution in [2.45, 2.75) is 39.0 Å². The van der Waals surface area contributed by atoms with Crippen LogP contribution >= 0.6 is 0 Å². The summed E-state index contributed by atoms with van der Waals surface area (Å²) in [5, 5.41) is 2.75. The third-order valence-electron chi connectivity index (χ3n) is 2.76. The zero-order chi connectivity index (χ0) is 14.8. The zero-order valence-corrected chi connectivity index (χ0v) is 11.8. The summed E-state index contributed by atoms with van der Waals surface area (Å²) in [6, 6.07) is 1.52. The van der Waals surface area contributed by atoms with Crippen LogP contribution in [0, 0.1) is 0 Å². The van der Waals surface area contributed by atoms with Crippen molar-refractivity contribution in [3.63, 3.8) is 0 Å². The molecule has 7 heteroatoms. The van der Waals surface area contributed by atoms with Crippen LogP contribution in [0.3, 0.4) is 0 Å². The number of hydrogen-bond donors (Lipinski definition) is 1.